The van der Waals surface area contributed by atoms with E-state index in [1.54, 1.807) is 66.7 Å². The number of rotatable bonds is 8. The lowest BCUT2D eigenvalue weighted by Crippen LogP contribution is -2.23. The van der Waals surface area contributed by atoms with Crippen molar-refractivity contribution in [2.75, 3.05) is 7.11 Å². The van der Waals surface area contributed by atoms with Gasteiger partial charge < -0.3 is 9.47 Å². The van der Waals surface area contributed by atoms with E-state index < -0.39 is 10.0 Å². The molecule has 3 aromatic carbocycles. The molecule has 0 unspecified atom stereocenters. The molecule has 0 aliphatic carbocycles. The molecule has 0 bridgehead atoms. The van der Waals surface area contributed by atoms with Crippen LogP contribution >= 0.6 is 23.2 Å². The maximum atomic E-state index is 12.4. The Morgan fingerprint density at radius 1 is 0.897 bits per heavy atom. The third-order valence-corrected chi connectivity index (χ3v) is 6.31. The van der Waals surface area contributed by atoms with Crippen molar-refractivity contribution in [2.24, 2.45) is 0 Å². The van der Waals surface area contributed by atoms with Crippen molar-refractivity contribution in [3.05, 3.63) is 87.9 Å². The molecule has 0 amide bonds. The minimum Gasteiger partial charge on any atom is -0.493 e. The topological polar surface area (TPSA) is 64.6 Å². The lowest BCUT2D eigenvalue weighted by atomic mass is 10.2. The summed E-state index contributed by atoms with van der Waals surface area (Å²) in [5.74, 6) is 0.975. The third kappa shape index (κ3) is 5.42. The summed E-state index contributed by atoms with van der Waals surface area (Å²) in [6.45, 7) is 0.291. The first-order valence-electron chi connectivity index (χ1n) is 8.68. The number of hydrogen-bond donors (Lipinski definition) is 1. The molecule has 0 saturated carbocycles. The minimum atomic E-state index is -3.60. The van der Waals surface area contributed by atoms with E-state index in [1.807, 2.05) is 0 Å². The first-order chi connectivity index (χ1) is 13.9. The third-order valence-electron chi connectivity index (χ3n) is 4.18. The van der Waals surface area contributed by atoms with Crippen LogP contribution in [-0.4, -0.2) is 15.5 Å². The van der Waals surface area contributed by atoms with Gasteiger partial charge in [0.2, 0.25) is 10.0 Å². The van der Waals surface area contributed by atoms with E-state index in [1.165, 1.54) is 7.11 Å². The molecule has 0 aromatic heterocycles. The second-order valence-corrected chi connectivity index (χ2v) is 8.69. The van der Waals surface area contributed by atoms with Crippen LogP contribution in [-0.2, 0) is 23.2 Å². The number of halogens is 2. The number of methoxy groups -OCH3 is 1. The van der Waals surface area contributed by atoms with Crippen molar-refractivity contribution < 1.29 is 17.9 Å². The van der Waals surface area contributed by atoms with Crippen LogP contribution in [0.3, 0.4) is 0 Å². The predicted octanol–water partition coefficient (Wildman–Crippen LogP) is 5.06. The molecule has 3 rings (SSSR count). The highest BCUT2D eigenvalue weighted by Gasteiger charge is 2.14. The van der Waals surface area contributed by atoms with Gasteiger partial charge in [0, 0.05) is 22.2 Å². The summed E-state index contributed by atoms with van der Waals surface area (Å²) in [4.78, 5) is 0.212. The number of ether oxygens (including phenoxy) is 2. The van der Waals surface area contributed by atoms with Gasteiger partial charge >= 0.3 is 0 Å². The molecule has 0 saturated heterocycles. The minimum absolute atomic E-state index is 0.115. The Kier molecular flexibility index (Phi) is 7.03. The molecule has 0 atom stereocenters. The maximum Gasteiger partial charge on any atom is 0.240 e. The molecule has 0 fully saturated rings. The van der Waals surface area contributed by atoms with Crippen LogP contribution in [0.2, 0.25) is 10.0 Å². The summed E-state index contributed by atoms with van der Waals surface area (Å²) in [6.07, 6.45) is 0. The van der Waals surface area contributed by atoms with E-state index in [0.29, 0.717) is 27.1 Å². The van der Waals surface area contributed by atoms with Gasteiger partial charge in [0.25, 0.3) is 0 Å². The number of sulfonamides is 1. The monoisotopic (exact) mass is 451 g/mol. The lowest BCUT2D eigenvalue weighted by molar-refractivity contribution is 0.284. The van der Waals surface area contributed by atoms with Crippen molar-refractivity contribution in [2.45, 2.75) is 18.0 Å². The second kappa shape index (κ2) is 9.50. The number of hydrogen-bond acceptors (Lipinski definition) is 4. The molecule has 0 heterocycles. The largest absolute Gasteiger partial charge is 0.493 e. The second-order valence-electron chi connectivity index (χ2n) is 6.11. The van der Waals surface area contributed by atoms with Crippen LogP contribution in [0.5, 0.6) is 11.5 Å². The number of benzene rings is 3. The van der Waals surface area contributed by atoms with Gasteiger partial charge in [-0.05, 0) is 42.0 Å². The van der Waals surface area contributed by atoms with Gasteiger partial charge in [-0.3, -0.25) is 0 Å². The molecular weight excluding hydrogens is 433 g/mol. The summed E-state index contributed by atoms with van der Waals surface area (Å²) in [5, 5.41) is 1.03. The molecular formula is C21H19Cl2NO4S. The van der Waals surface area contributed by atoms with Crippen molar-refractivity contribution >= 4 is 33.2 Å². The van der Waals surface area contributed by atoms with E-state index >= 15 is 0 Å². The van der Waals surface area contributed by atoms with Crippen LogP contribution in [0.4, 0.5) is 0 Å². The Hall–Kier alpha value is -2.25. The van der Waals surface area contributed by atoms with Gasteiger partial charge in [0.05, 0.1) is 12.0 Å². The van der Waals surface area contributed by atoms with Gasteiger partial charge in [-0.2, -0.15) is 0 Å². The standard InChI is InChI=1S/C21H19Cl2NO4S/c1-27-21-12-15(13-24-29(25,26)16-6-3-2-4-7-16)10-11-20(21)28-14-17-18(22)8-5-9-19(17)23/h2-12,24H,13-14H2,1H3. The van der Waals surface area contributed by atoms with E-state index in [4.69, 9.17) is 32.7 Å². The number of nitrogens with one attached hydrogen (secondary N) is 1. The van der Waals surface area contributed by atoms with Crippen LogP contribution in [0.25, 0.3) is 0 Å². The van der Waals surface area contributed by atoms with Crippen molar-refractivity contribution in [1.82, 2.24) is 4.72 Å². The van der Waals surface area contributed by atoms with Gasteiger partial charge in [-0.1, -0.05) is 53.5 Å². The predicted molar refractivity (Wildman–Crippen MR) is 114 cm³/mol. The van der Waals surface area contributed by atoms with E-state index in [9.17, 15) is 8.42 Å². The first-order valence-corrected chi connectivity index (χ1v) is 10.9. The summed E-state index contributed by atoms with van der Waals surface area (Å²) in [5.41, 5.74) is 1.40. The van der Waals surface area contributed by atoms with Crippen molar-refractivity contribution in [3.8, 4) is 11.5 Å². The average molecular weight is 452 g/mol. The molecule has 1 N–H and O–H groups in total. The highest BCUT2D eigenvalue weighted by atomic mass is 35.5. The van der Waals surface area contributed by atoms with Gasteiger partial charge in [-0.15, -0.1) is 0 Å². The molecule has 152 valence electrons. The fourth-order valence-electron chi connectivity index (χ4n) is 2.62. The Bertz CT molecular complexity index is 1070. The lowest BCUT2D eigenvalue weighted by Gasteiger charge is -2.14. The highest BCUT2D eigenvalue weighted by molar-refractivity contribution is 7.89. The fraction of sp³-hybridized carbons (Fsp3) is 0.143. The molecule has 3 aromatic rings. The normalized spacial score (nSPS) is 11.3. The highest BCUT2D eigenvalue weighted by Crippen LogP contribution is 2.31. The zero-order chi connectivity index (χ0) is 20.9. The van der Waals surface area contributed by atoms with Crippen LogP contribution in [0.15, 0.2) is 71.6 Å². The summed E-state index contributed by atoms with van der Waals surface area (Å²) in [7, 11) is -2.08. The zero-order valence-electron chi connectivity index (χ0n) is 15.6. The van der Waals surface area contributed by atoms with Crippen LogP contribution in [0, 0.1) is 0 Å². The van der Waals surface area contributed by atoms with Crippen LogP contribution in [0.1, 0.15) is 11.1 Å². The van der Waals surface area contributed by atoms with Gasteiger partial charge in [-0.25, -0.2) is 13.1 Å². The molecule has 29 heavy (non-hydrogen) atoms. The van der Waals surface area contributed by atoms with E-state index in [0.717, 1.165) is 5.56 Å². The van der Waals surface area contributed by atoms with Gasteiger partial charge in [0.15, 0.2) is 11.5 Å². The molecule has 5 nitrogen and oxygen atoms in total. The van der Waals surface area contributed by atoms with Gasteiger partial charge in [0.1, 0.15) is 6.61 Å². The summed E-state index contributed by atoms with van der Waals surface area (Å²) >= 11 is 12.3. The molecule has 0 aliphatic rings. The molecule has 0 radical (unpaired) electrons. The van der Waals surface area contributed by atoms with Crippen LogP contribution < -0.4 is 14.2 Å². The average Bonchev–Trinajstić information content (AvgIpc) is 2.73. The first kappa shape index (κ1) is 21.5. The fourth-order valence-corrected chi connectivity index (χ4v) is 4.17. The Labute approximate surface area is 180 Å². The zero-order valence-corrected chi connectivity index (χ0v) is 17.9. The SMILES string of the molecule is COc1cc(CNS(=O)(=O)c2ccccc2)ccc1OCc1c(Cl)cccc1Cl. The maximum absolute atomic E-state index is 12.4. The van der Waals surface area contributed by atoms with Crippen molar-refractivity contribution in [3.63, 3.8) is 0 Å². The molecule has 0 aliphatic heterocycles. The quantitative estimate of drug-likeness (QED) is 0.519. The summed E-state index contributed by atoms with van der Waals surface area (Å²) in [6, 6.07) is 18.6. The summed E-state index contributed by atoms with van der Waals surface area (Å²) < 4.78 is 38.5. The Morgan fingerprint density at radius 2 is 1.59 bits per heavy atom. The van der Waals surface area contributed by atoms with Crippen molar-refractivity contribution in [1.29, 1.82) is 0 Å². The Morgan fingerprint density at radius 3 is 2.24 bits per heavy atom. The van der Waals surface area contributed by atoms with E-state index in [2.05, 4.69) is 4.72 Å². The Balaban J connectivity index is 1.70. The molecule has 0 spiro atoms. The smallest absolute Gasteiger partial charge is 0.240 e. The molecule has 8 heteroatoms. The van der Waals surface area contributed by atoms with E-state index in [-0.39, 0.29) is 18.0 Å².